The number of carbonyl (C=O) groups excluding carboxylic acids is 4. The first-order valence-corrected chi connectivity index (χ1v) is 23.3. The van der Waals surface area contributed by atoms with Crippen molar-refractivity contribution in [2.24, 2.45) is 9.98 Å². The Morgan fingerprint density at radius 2 is 0.662 bits per heavy atom. The van der Waals surface area contributed by atoms with Gasteiger partial charge in [0.1, 0.15) is 11.5 Å². The van der Waals surface area contributed by atoms with Crippen LogP contribution in [0, 0.1) is 0 Å². The summed E-state index contributed by atoms with van der Waals surface area (Å²) in [6, 6.07) is 30.0. The number of Topliss-reactive ketones (excluding diaryl/α,β-unsaturated/α-hetero) is 4. The molecular weight excluding hydrogens is 1090 g/mol. The number of allylic oxidation sites excluding steroid dienone is 16. The molecule has 398 valence electrons. The number of aromatic hydroxyl groups is 2. The van der Waals surface area contributed by atoms with Crippen molar-refractivity contribution in [1.29, 1.82) is 0 Å². The van der Waals surface area contributed by atoms with E-state index in [9.17, 15) is 60.0 Å². The van der Waals surface area contributed by atoms with Gasteiger partial charge in [-0.05, 0) is 133 Å². The molecule has 0 amide bonds. The molecular formula is C60H44N6O12Ti2-4. The third kappa shape index (κ3) is 17.0. The van der Waals surface area contributed by atoms with Gasteiger partial charge in [0.2, 0.25) is 11.6 Å². The predicted octanol–water partition coefficient (Wildman–Crippen LogP) is 7.23. The molecule has 0 radical (unpaired) electrons. The van der Waals surface area contributed by atoms with Gasteiger partial charge in [0, 0.05) is 126 Å². The van der Waals surface area contributed by atoms with Crippen molar-refractivity contribution in [2.45, 2.75) is 0 Å². The van der Waals surface area contributed by atoms with E-state index in [-0.39, 0.29) is 72.0 Å². The maximum atomic E-state index is 11.7. The van der Waals surface area contributed by atoms with Gasteiger partial charge in [0.15, 0.2) is 23.1 Å². The van der Waals surface area contributed by atoms with Crippen LogP contribution in [0.2, 0.25) is 0 Å². The minimum absolute atomic E-state index is 0. The van der Waals surface area contributed by atoms with E-state index in [1.165, 1.54) is 85.8 Å². The van der Waals surface area contributed by atoms with Gasteiger partial charge in [-0.1, -0.05) is 83.7 Å². The van der Waals surface area contributed by atoms with Crippen LogP contribution >= 0.6 is 0 Å². The van der Waals surface area contributed by atoms with Gasteiger partial charge in [-0.15, -0.1) is 0 Å². The van der Waals surface area contributed by atoms with Gasteiger partial charge in [0.05, 0.1) is 11.4 Å². The van der Waals surface area contributed by atoms with Crippen LogP contribution in [0.4, 0.5) is 34.1 Å². The molecule has 5 aromatic rings. The van der Waals surface area contributed by atoms with E-state index in [0.29, 0.717) is 44.9 Å². The first-order chi connectivity index (χ1) is 37.6. The van der Waals surface area contributed by atoms with Crippen LogP contribution in [0.25, 0.3) is 0 Å². The molecule has 0 aromatic heterocycles. The normalized spacial score (nSPS) is 16.4. The number of phenols is 2. The van der Waals surface area contributed by atoms with Crippen LogP contribution < -0.4 is 41.7 Å². The van der Waals surface area contributed by atoms with E-state index in [1.54, 1.807) is 134 Å². The van der Waals surface area contributed by atoms with Crippen LogP contribution in [0.3, 0.4) is 0 Å². The molecule has 20 heteroatoms. The Balaban J connectivity index is 0.000000218. The number of rotatable bonds is 12. The van der Waals surface area contributed by atoms with Crippen molar-refractivity contribution in [3.63, 3.8) is 0 Å². The van der Waals surface area contributed by atoms with Gasteiger partial charge >= 0.3 is 0 Å². The van der Waals surface area contributed by atoms with E-state index < -0.39 is 46.2 Å². The number of aliphatic hydroxyl groups excluding tert-OH is 2. The molecule has 5 aromatic carbocycles. The largest absolute Gasteiger partial charge is 0.870 e. The van der Waals surface area contributed by atoms with E-state index >= 15 is 0 Å². The first-order valence-electron chi connectivity index (χ1n) is 23.3. The number of carbonyl (C=O) groups is 4. The summed E-state index contributed by atoms with van der Waals surface area (Å²) >= 11 is 0. The van der Waals surface area contributed by atoms with Crippen molar-refractivity contribution < 1.29 is 103 Å². The summed E-state index contributed by atoms with van der Waals surface area (Å²) in [5, 5.41) is 95.5. The van der Waals surface area contributed by atoms with Crippen LogP contribution in [0.5, 0.6) is 23.0 Å². The summed E-state index contributed by atoms with van der Waals surface area (Å²) in [5.41, 5.74) is 6.01. The van der Waals surface area contributed by atoms with Gasteiger partial charge in [-0.3, -0.25) is 29.2 Å². The van der Waals surface area contributed by atoms with E-state index in [0.717, 1.165) is 17.1 Å². The zero-order valence-corrected chi connectivity index (χ0v) is 44.9. The number of benzene rings is 5. The zero-order valence-electron chi connectivity index (χ0n) is 41.7. The van der Waals surface area contributed by atoms with Crippen molar-refractivity contribution in [3.8, 4) is 23.0 Å². The number of ketones is 4. The molecule has 0 bridgehead atoms. The fourth-order valence-corrected chi connectivity index (χ4v) is 6.77. The number of nitrogens with one attached hydrogen (secondary N) is 4. The molecule has 80 heavy (non-hydrogen) atoms. The van der Waals surface area contributed by atoms with Crippen molar-refractivity contribution in [1.82, 2.24) is 0 Å². The molecule has 0 spiro atoms. The summed E-state index contributed by atoms with van der Waals surface area (Å²) in [6.45, 7) is 0. The SMILES string of the molecule is O=C1C(O)=CC=CC1=CNc1ccc(N=Cc2cccc(O)c2[O-])cc1.O=C1C([O-])=CC=CC1=CNc1ccc(N=Cc2cccc(O)c2[O-])cc1.O=C1C([O-])=CC=CC1=CNc1ccc(NC=C2C=CC=C(O)C2=O)cc1.[Ti].[Ti]. The second kappa shape index (κ2) is 29.5. The van der Waals surface area contributed by atoms with E-state index in [4.69, 9.17) is 0 Å². The molecule has 4 aliphatic carbocycles. The summed E-state index contributed by atoms with van der Waals surface area (Å²) in [5.74, 6) is -5.24. The topological polar surface area (TPSA) is 314 Å². The van der Waals surface area contributed by atoms with Crippen molar-refractivity contribution >= 4 is 69.7 Å². The molecule has 9 rings (SSSR count). The summed E-state index contributed by atoms with van der Waals surface area (Å²) in [7, 11) is 0. The number of phenolic OH excluding ortho intramolecular Hbond substituents is 2. The number of para-hydroxylation sites is 2. The molecule has 18 nitrogen and oxygen atoms in total. The summed E-state index contributed by atoms with van der Waals surface area (Å²) < 4.78 is 0. The molecule has 0 aliphatic heterocycles. The second-order valence-electron chi connectivity index (χ2n) is 16.5. The van der Waals surface area contributed by atoms with Gasteiger partial charge < -0.3 is 62.1 Å². The Kier molecular flexibility index (Phi) is 22.5. The van der Waals surface area contributed by atoms with Crippen LogP contribution in [-0.2, 0) is 62.6 Å². The second-order valence-corrected chi connectivity index (χ2v) is 16.5. The number of aliphatic imine (C=N–C) groups is 2. The standard InChI is InChI=1S/3C20H16N2O4.2Ti/c3*23-17-5-1-3-13(19(17)25)11-21-15-7-9-16(10-8-15)22-12-14-4-2-6-18(24)20(14)26;;/h2*1-12,21,23-24,26H;1-12,21-24H;;/p-4. The monoisotopic (exact) mass is 1140 g/mol. The third-order valence-corrected chi connectivity index (χ3v) is 11.0. The van der Waals surface area contributed by atoms with Crippen LogP contribution in [-0.4, -0.2) is 56.0 Å². The van der Waals surface area contributed by atoms with E-state index in [1.807, 2.05) is 0 Å². The first kappa shape index (κ1) is 60.9. The molecule has 0 saturated carbocycles. The molecule has 0 unspecified atom stereocenters. The fraction of sp³-hybridized carbons (Fsp3) is 0. The zero-order chi connectivity index (χ0) is 55.6. The predicted molar refractivity (Wildman–Crippen MR) is 290 cm³/mol. The molecule has 8 N–H and O–H groups in total. The maximum Gasteiger partial charge on any atom is 0.228 e. The smallest absolute Gasteiger partial charge is 0.228 e. The molecule has 0 atom stereocenters. The Morgan fingerprint density at radius 3 is 0.988 bits per heavy atom. The molecule has 0 heterocycles. The number of hydrogen-bond donors (Lipinski definition) is 8. The number of hydrogen-bond acceptors (Lipinski definition) is 18. The molecule has 4 aliphatic rings. The summed E-state index contributed by atoms with van der Waals surface area (Å²) in [4.78, 5) is 55.2. The number of anilines is 4. The van der Waals surface area contributed by atoms with E-state index in [2.05, 4.69) is 31.3 Å². The quantitative estimate of drug-likeness (QED) is 0.0347. The maximum absolute atomic E-state index is 11.7. The Bertz CT molecular complexity index is 3370. The Labute approximate surface area is 487 Å². The Hall–Kier alpha value is -9.97. The number of nitrogens with zero attached hydrogens (tertiary/aromatic N) is 2. The van der Waals surface area contributed by atoms with Crippen molar-refractivity contribution in [2.75, 3.05) is 21.3 Å². The third-order valence-electron chi connectivity index (χ3n) is 11.0. The van der Waals surface area contributed by atoms with Crippen LogP contribution in [0.1, 0.15) is 11.1 Å². The Morgan fingerprint density at radius 1 is 0.375 bits per heavy atom. The summed E-state index contributed by atoms with van der Waals surface area (Å²) in [6.07, 6.45) is 26.5. The minimum Gasteiger partial charge on any atom is -0.870 e. The average Bonchev–Trinajstić information content (AvgIpc) is 3.45. The van der Waals surface area contributed by atoms with Gasteiger partial charge in [-0.2, -0.15) is 0 Å². The molecule has 0 fully saturated rings. The van der Waals surface area contributed by atoms with Crippen LogP contribution in [0.15, 0.2) is 262 Å². The minimum atomic E-state index is -0.555. The fourth-order valence-electron chi connectivity index (χ4n) is 6.77. The van der Waals surface area contributed by atoms with Crippen molar-refractivity contribution in [3.05, 3.63) is 263 Å². The average molecular weight is 1140 g/mol. The van der Waals surface area contributed by atoms with Gasteiger partial charge in [-0.25, -0.2) is 0 Å². The molecule has 0 saturated heterocycles. The van der Waals surface area contributed by atoms with Gasteiger partial charge in [0.25, 0.3) is 0 Å². The number of aliphatic hydroxyl groups is 2.